The van der Waals surface area contributed by atoms with Gasteiger partial charge in [0.15, 0.2) is 0 Å². The van der Waals surface area contributed by atoms with Crippen LogP contribution >= 0.6 is 0 Å². The Labute approximate surface area is 276 Å². The quantitative estimate of drug-likeness (QED) is 0.280. The number of rotatable bonds is 10. The molecule has 0 saturated carbocycles. The van der Waals surface area contributed by atoms with E-state index in [2.05, 4.69) is 59.4 Å². The van der Waals surface area contributed by atoms with E-state index in [4.69, 9.17) is 9.47 Å². The van der Waals surface area contributed by atoms with E-state index in [-0.39, 0.29) is 18.1 Å². The van der Waals surface area contributed by atoms with E-state index in [1.807, 2.05) is 6.07 Å². The molecule has 2 aliphatic rings. The lowest BCUT2D eigenvalue weighted by Gasteiger charge is -2.38. The first-order valence-corrected chi connectivity index (χ1v) is 16.3. The average molecular weight is 642 g/mol. The van der Waals surface area contributed by atoms with Crippen molar-refractivity contribution in [3.05, 3.63) is 83.3 Å². The number of amides is 2. The monoisotopic (exact) mass is 641 g/mol. The molecule has 5 rings (SSSR count). The van der Waals surface area contributed by atoms with Crippen LogP contribution in [0.25, 0.3) is 11.1 Å². The number of nitriles is 1. The zero-order valence-corrected chi connectivity index (χ0v) is 27.8. The SMILES string of the molecule is CC(C)c1ccc(CN2CC(Oc3ccc(-c4ccc(C[C@H](NC(=O)OC(C)(C)C)C(=O)N5CCC[C@H]5C#N)c(F)c4)cn3)C2)cc1. The van der Waals surface area contributed by atoms with Gasteiger partial charge in [0.2, 0.25) is 11.8 Å². The van der Waals surface area contributed by atoms with Crippen LogP contribution in [-0.4, -0.2) is 70.2 Å². The lowest BCUT2D eigenvalue weighted by molar-refractivity contribution is -0.133. The number of nitrogens with one attached hydrogen (secondary N) is 1. The predicted molar refractivity (Wildman–Crippen MR) is 177 cm³/mol. The molecule has 248 valence electrons. The van der Waals surface area contributed by atoms with Crippen LogP contribution in [0.4, 0.5) is 9.18 Å². The Morgan fingerprint density at radius 2 is 1.81 bits per heavy atom. The third-order valence-corrected chi connectivity index (χ3v) is 8.48. The van der Waals surface area contributed by atoms with Gasteiger partial charge >= 0.3 is 6.09 Å². The largest absolute Gasteiger partial charge is 0.472 e. The van der Waals surface area contributed by atoms with Crippen molar-refractivity contribution in [2.75, 3.05) is 19.6 Å². The van der Waals surface area contributed by atoms with Gasteiger partial charge in [-0.3, -0.25) is 9.69 Å². The Kier molecular flexibility index (Phi) is 10.5. The topological polar surface area (TPSA) is 108 Å². The van der Waals surface area contributed by atoms with Gasteiger partial charge in [-0.05, 0) is 73.9 Å². The number of pyridine rings is 1. The Balaban J connectivity index is 1.18. The van der Waals surface area contributed by atoms with E-state index >= 15 is 4.39 Å². The van der Waals surface area contributed by atoms with Crippen molar-refractivity contribution >= 4 is 12.0 Å². The zero-order chi connectivity index (χ0) is 33.7. The number of carbonyl (C=O) groups is 2. The van der Waals surface area contributed by atoms with E-state index in [1.165, 1.54) is 22.1 Å². The number of hydrogen-bond acceptors (Lipinski definition) is 7. The summed E-state index contributed by atoms with van der Waals surface area (Å²) < 4.78 is 26.9. The number of nitrogens with zero attached hydrogens (tertiary/aromatic N) is 4. The van der Waals surface area contributed by atoms with Crippen LogP contribution in [0, 0.1) is 17.1 Å². The molecule has 2 aromatic carbocycles. The highest BCUT2D eigenvalue weighted by Crippen LogP contribution is 2.26. The van der Waals surface area contributed by atoms with Crippen LogP contribution < -0.4 is 10.1 Å². The molecule has 9 nitrogen and oxygen atoms in total. The van der Waals surface area contributed by atoms with Gasteiger partial charge in [0, 0.05) is 50.4 Å². The summed E-state index contributed by atoms with van der Waals surface area (Å²) in [5.41, 5.74) is 3.45. The third kappa shape index (κ3) is 8.86. The molecule has 2 atom stereocenters. The van der Waals surface area contributed by atoms with Crippen LogP contribution in [0.3, 0.4) is 0 Å². The van der Waals surface area contributed by atoms with Crippen molar-refractivity contribution < 1.29 is 23.5 Å². The van der Waals surface area contributed by atoms with E-state index in [1.54, 1.807) is 45.2 Å². The number of halogens is 1. The molecule has 1 N–H and O–H groups in total. The number of carbonyl (C=O) groups excluding carboxylic acids is 2. The lowest BCUT2D eigenvalue weighted by atomic mass is 10.00. The predicted octanol–water partition coefficient (Wildman–Crippen LogP) is 6.22. The molecular weight excluding hydrogens is 597 g/mol. The number of aromatic nitrogens is 1. The van der Waals surface area contributed by atoms with Gasteiger partial charge in [-0.15, -0.1) is 0 Å². The first-order valence-electron chi connectivity index (χ1n) is 16.3. The van der Waals surface area contributed by atoms with Crippen molar-refractivity contribution in [3.63, 3.8) is 0 Å². The second-order valence-electron chi connectivity index (χ2n) is 13.7. The number of benzene rings is 2. The normalized spacial score (nSPS) is 17.6. The summed E-state index contributed by atoms with van der Waals surface area (Å²) in [5, 5.41) is 12.1. The summed E-state index contributed by atoms with van der Waals surface area (Å²) in [6.45, 7) is 12.5. The maximum absolute atomic E-state index is 15.5. The van der Waals surface area contributed by atoms with Crippen molar-refractivity contribution in [1.82, 2.24) is 20.1 Å². The molecule has 0 radical (unpaired) electrons. The molecule has 1 aromatic heterocycles. The van der Waals surface area contributed by atoms with Crippen LogP contribution in [0.5, 0.6) is 5.88 Å². The molecule has 0 spiro atoms. The summed E-state index contributed by atoms with van der Waals surface area (Å²) in [6.07, 6.45) is 2.11. The maximum Gasteiger partial charge on any atom is 0.408 e. The van der Waals surface area contributed by atoms with Crippen LogP contribution in [0.15, 0.2) is 60.8 Å². The Morgan fingerprint density at radius 1 is 1.09 bits per heavy atom. The van der Waals surface area contributed by atoms with Gasteiger partial charge in [0.1, 0.15) is 29.6 Å². The molecule has 3 aromatic rings. The molecule has 2 aliphatic heterocycles. The standard InChI is InChI=1S/C37H44FN5O4/c1-24(2)26-10-8-25(9-11-26)21-42-22-31(23-42)46-34-15-14-29(20-40-34)27-12-13-28(32(38)17-27)18-33(41-36(45)47-37(3,4)5)35(44)43-16-6-7-30(43)19-39/h8-15,17,20,24,30-31,33H,6-7,16,18,21-23H2,1-5H3,(H,41,45)/t30-,33-/m0/s1. The van der Waals surface area contributed by atoms with Crippen molar-refractivity contribution in [2.24, 2.45) is 0 Å². The number of alkyl carbamates (subject to hydrolysis) is 1. The first-order chi connectivity index (χ1) is 22.4. The Morgan fingerprint density at radius 3 is 2.43 bits per heavy atom. The van der Waals surface area contributed by atoms with E-state index in [9.17, 15) is 14.9 Å². The van der Waals surface area contributed by atoms with E-state index < -0.39 is 35.5 Å². The number of likely N-dealkylation sites (tertiary alicyclic amines) is 2. The average Bonchev–Trinajstić information content (AvgIpc) is 3.49. The summed E-state index contributed by atoms with van der Waals surface area (Å²) in [5.74, 6) is 0.0902. The van der Waals surface area contributed by atoms with Gasteiger partial charge in [-0.1, -0.05) is 50.2 Å². The molecular formula is C37H44FN5O4. The Hall–Kier alpha value is -4.49. The summed E-state index contributed by atoms with van der Waals surface area (Å²) in [7, 11) is 0. The fourth-order valence-corrected chi connectivity index (χ4v) is 5.91. The van der Waals surface area contributed by atoms with Crippen LogP contribution in [-0.2, 0) is 22.5 Å². The first kappa shape index (κ1) is 33.9. The molecule has 47 heavy (non-hydrogen) atoms. The van der Waals surface area contributed by atoms with E-state index in [0.29, 0.717) is 36.7 Å². The van der Waals surface area contributed by atoms with Crippen LogP contribution in [0.2, 0.25) is 0 Å². The van der Waals surface area contributed by atoms with Crippen molar-refractivity contribution in [1.29, 1.82) is 5.26 Å². The Bertz CT molecular complexity index is 1590. The second kappa shape index (κ2) is 14.5. The minimum absolute atomic E-state index is 0.0639. The van der Waals surface area contributed by atoms with Gasteiger partial charge in [-0.2, -0.15) is 5.26 Å². The van der Waals surface area contributed by atoms with Crippen molar-refractivity contribution in [3.8, 4) is 23.1 Å². The van der Waals surface area contributed by atoms with Gasteiger partial charge in [0.05, 0.1) is 6.07 Å². The van der Waals surface area contributed by atoms with Gasteiger partial charge < -0.3 is 19.7 Å². The second-order valence-corrected chi connectivity index (χ2v) is 13.7. The minimum Gasteiger partial charge on any atom is -0.472 e. The highest BCUT2D eigenvalue weighted by molar-refractivity contribution is 5.86. The van der Waals surface area contributed by atoms with Crippen molar-refractivity contribution in [2.45, 2.75) is 90.1 Å². The lowest BCUT2D eigenvalue weighted by Crippen LogP contribution is -2.53. The zero-order valence-electron chi connectivity index (χ0n) is 27.8. The molecule has 10 heteroatoms. The van der Waals surface area contributed by atoms with E-state index in [0.717, 1.165) is 25.2 Å². The minimum atomic E-state index is -1.09. The van der Waals surface area contributed by atoms with Crippen LogP contribution in [0.1, 0.15) is 70.1 Å². The summed E-state index contributed by atoms with van der Waals surface area (Å²) >= 11 is 0. The molecule has 2 fully saturated rings. The number of ether oxygens (including phenoxy) is 2. The molecule has 2 saturated heterocycles. The molecule has 3 heterocycles. The molecule has 0 aliphatic carbocycles. The fraction of sp³-hybridized carbons (Fsp3) is 0.459. The fourth-order valence-electron chi connectivity index (χ4n) is 5.91. The third-order valence-electron chi connectivity index (χ3n) is 8.48. The highest BCUT2D eigenvalue weighted by atomic mass is 19.1. The maximum atomic E-state index is 15.5. The highest BCUT2D eigenvalue weighted by Gasteiger charge is 2.35. The molecule has 0 bridgehead atoms. The number of hydrogen-bond donors (Lipinski definition) is 1. The summed E-state index contributed by atoms with van der Waals surface area (Å²) in [6, 6.07) is 17.7. The van der Waals surface area contributed by atoms with Gasteiger partial charge in [0.25, 0.3) is 0 Å². The summed E-state index contributed by atoms with van der Waals surface area (Å²) in [4.78, 5) is 34.3. The molecule has 0 unspecified atom stereocenters. The van der Waals surface area contributed by atoms with Gasteiger partial charge in [-0.25, -0.2) is 14.2 Å². The smallest absolute Gasteiger partial charge is 0.408 e. The molecule has 2 amide bonds.